The topological polar surface area (TPSA) is 35.6 Å². The molecule has 0 radical (unpaired) electrons. The molecule has 0 bridgehead atoms. The Morgan fingerprint density at radius 3 is 2.57 bits per heavy atom. The largest absolute Gasteiger partial charge is 0.324 e. The van der Waals surface area contributed by atoms with E-state index >= 15 is 0 Å². The second-order valence-electron chi connectivity index (χ2n) is 7.98. The standard InChI is InChI=1S/C19H27N3O/c1-19(2)13-20-17(19)15-7-10-21(11-8-15)18(23)22-12-9-14-5-3-4-6-16(14)22/h3-6,15,17,20H,7-13H2,1-2H3/t17-/m1/s1. The van der Waals surface area contributed by atoms with Crippen LogP contribution < -0.4 is 10.2 Å². The van der Waals surface area contributed by atoms with Crippen LogP contribution in [0.25, 0.3) is 0 Å². The highest BCUT2D eigenvalue weighted by Gasteiger charge is 2.44. The molecule has 3 aliphatic heterocycles. The summed E-state index contributed by atoms with van der Waals surface area (Å²) in [5, 5.41) is 3.60. The molecular formula is C19H27N3O. The monoisotopic (exact) mass is 313 g/mol. The summed E-state index contributed by atoms with van der Waals surface area (Å²) in [4.78, 5) is 16.9. The first-order chi connectivity index (χ1) is 11.1. The Kier molecular flexibility index (Phi) is 3.60. The number of para-hydroxylation sites is 1. The average molecular weight is 313 g/mol. The van der Waals surface area contributed by atoms with E-state index in [-0.39, 0.29) is 6.03 Å². The van der Waals surface area contributed by atoms with Gasteiger partial charge in [0.15, 0.2) is 0 Å². The predicted octanol–water partition coefficient (Wildman–Crippen LogP) is 2.88. The lowest BCUT2D eigenvalue weighted by Gasteiger charge is -2.51. The van der Waals surface area contributed by atoms with E-state index in [0.29, 0.717) is 17.4 Å². The third-order valence-electron chi connectivity index (χ3n) is 6.02. The summed E-state index contributed by atoms with van der Waals surface area (Å²) in [6.07, 6.45) is 3.24. The quantitative estimate of drug-likeness (QED) is 0.865. The molecule has 3 aliphatic rings. The first kappa shape index (κ1) is 15.0. The minimum absolute atomic E-state index is 0.203. The number of nitrogens with one attached hydrogen (secondary N) is 1. The molecule has 124 valence electrons. The first-order valence-electron chi connectivity index (χ1n) is 8.94. The molecule has 0 aliphatic carbocycles. The molecule has 1 aromatic rings. The number of fused-ring (bicyclic) bond motifs is 1. The van der Waals surface area contributed by atoms with Gasteiger partial charge in [-0.3, -0.25) is 4.90 Å². The van der Waals surface area contributed by atoms with Gasteiger partial charge in [-0.1, -0.05) is 32.0 Å². The zero-order chi connectivity index (χ0) is 16.0. The normalized spacial score (nSPS) is 26.8. The van der Waals surface area contributed by atoms with Crippen molar-refractivity contribution in [3.8, 4) is 0 Å². The Bertz CT molecular complexity index is 604. The van der Waals surface area contributed by atoms with Crippen LogP contribution >= 0.6 is 0 Å². The van der Waals surface area contributed by atoms with Crippen LogP contribution in [0.5, 0.6) is 0 Å². The molecule has 2 amide bonds. The fourth-order valence-electron chi connectivity index (χ4n) is 4.56. The van der Waals surface area contributed by atoms with Crippen molar-refractivity contribution in [3.63, 3.8) is 0 Å². The summed E-state index contributed by atoms with van der Waals surface area (Å²) < 4.78 is 0. The molecule has 4 heteroatoms. The molecule has 0 spiro atoms. The number of amides is 2. The van der Waals surface area contributed by atoms with Gasteiger partial charge in [0, 0.05) is 37.9 Å². The van der Waals surface area contributed by atoms with E-state index in [1.165, 1.54) is 5.56 Å². The molecule has 23 heavy (non-hydrogen) atoms. The molecule has 0 aromatic heterocycles. The van der Waals surface area contributed by atoms with Gasteiger partial charge in [0.25, 0.3) is 0 Å². The number of nitrogens with zero attached hydrogens (tertiary/aromatic N) is 2. The van der Waals surface area contributed by atoms with Crippen molar-refractivity contribution in [3.05, 3.63) is 29.8 Å². The zero-order valence-corrected chi connectivity index (χ0v) is 14.2. The summed E-state index contributed by atoms with van der Waals surface area (Å²) in [5.41, 5.74) is 2.84. The van der Waals surface area contributed by atoms with Crippen molar-refractivity contribution in [2.45, 2.75) is 39.2 Å². The van der Waals surface area contributed by atoms with Gasteiger partial charge in [-0.2, -0.15) is 0 Å². The fourth-order valence-corrected chi connectivity index (χ4v) is 4.56. The van der Waals surface area contributed by atoms with E-state index in [9.17, 15) is 4.79 Å². The van der Waals surface area contributed by atoms with E-state index in [2.05, 4.69) is 42.3 Å². The molecule has 1 N–H and O–H groups in total. The number of benzene rings is 1. The number of piperidine rings is 1. The number of carbonyl (C=O) groups is 1. The van der Waals surface area contributed by atoms with E-state index in [1.54, 1.807) is 0 Å². The van der Waals surface area contributed by atoms with E-state index in [1.807, 2.05) is 11.0 Å². The molecule has 1 aromatic carbocycles. The van der Waals surface area contributed by atoms with Crippen LogP contribution in [0.2, 0.25) is 0 Å². The average Bonchev–Trinajstić information content (AvgIpc) is 2.98. The van der Waals surface area contributed by atoms with Gasteiger partial charge in [0.1, 0.15) is 0 Å². The number of carbonyl (C=O) groups excluding carboxylic acids is 1. The molecule has 2 fully saturated rings. The smallest absolute Gasteiger partial charge is 0.324 e. The van der Waals surface area contributed by atoms with E-state index in [4.69, 9.17) is 0 Å². The predicted molar refractivity (Wildman–Crippen MR) is 92.8 cm³/mol. The highest BCUT2D eigenvalue weighted by atomic mass is 16.2. The van der Waals surface area contributed by atoms with Crippen LogP contribution in [0.3, 0.4) is 0 Å². The van der Waals surface area contributed by atoms with Gasteiger partial charge in [0.05, 0.1) is 0 Å². The highest BCUT2D eigenvalue weighted by molar-refractivity contribution is 5.94. The van der Waals surface area contributed by atoms with Crippen molar-refractivity contribution >= 4 is 11.7 Å². The van der Waals surface area contributed by atoms with E-state index in [0.717, 1.165) is 51.1 Å². The van der Waals surface area contributed by atoms with Gasteiger partial charge < -0.3 is 10.2 Å². The van der Waals surface area contributed by atoms with Gasteiger partial charge in [-0.15, -0.1) is 0 Å². The summed E-state index contributed by atoms with van der Waals surface area (Å²) in [6.45, 7) is 8.46. The number of rotatable bonds is 1. The van der Waals surface area contributed by atoms with Gasteiger partial charge in [-0.25, -0.2) is 4.79 Å². The Labute approximate surface area is 138 Å². The van der Waals surface area contributed by atoms with Gasteiger partial charge in [-0.05, 0) is 42.2 Å². The maximum Gasteiger partial charge on any atom is 0.324 e. The van der Waals surface area contributed by atoms with Crippen LogP contribution in [-0.2, 0) is 6.42 Å². The Morgan fingerprint density at radius 1 is 1.17 bits per heavy atom. The van der Waals surface area contributed by atoms with Crippen molar-refractivity contribution in [1.29, 1.82) is 0 Å². The Morgan fingerprint density at radius 2 is 1.91 bits per heavy atom. The molecule has 3 heterocycles. The number of hydrogen-bond acceptors (Lipinski definition) is 2. The van der Waals surface area contributed by atoms with Crippen molar-refractivity contribution in [2.75, 3.05) is 31.1 Å². The minimum Gasteiger partial charge on any atom is -0.324 e. The van der Waals surface area contributed by atoms with Crippen molar-refractivity contribution in [1.82, 2.24) is 10.2 Å². The van der Waals surface area contributed by atoms with Crippen molar-refractivity contribution in [2.24, 2.45) is 11.3 Å². The highest BCUT2D eigenvalue weighted by Crippen LogP contribution is 2.38. The first-order valence-corrected chi connectivity index (χ1v) is 8.94. The van der Waals surface area contributed by atoms with Crippen LogP contribution in [0.15, 0.2) is 24.3 Å². The molecular weight excluding hydrogens is 286 g/mol. The number of urea groups is 1. The van der Waals surface area contributed by atoms with Crippen molar-refractivity contribution < 1.29 is 4.79 Å². The lowest BCUT2D eigenvalue weighted by molar-refractivity contribution is 0.0464. The lowest BCUT2D eigenvalue weighted by atomic mass is 9.68. The molecule has 1 atom stereocenters. The number of anilines is 1. The summed E-state index contributed by atoms with van der Waals surface area (Å²) in [5.74, 6) is 0.716. The maximum absolute atomic E-state index is 12.9. The van der Waals surface area contributed by atoms with Gasteiger partial charge >= 0.3 is 6.03 Å². The molecule has 0 saturated carbocycles. The van der Waals surface area contributed by atoms with Crippen LogP contribution in [0, 0.1) is 11.3 Å². The summed E-state index contributed by atoms with van der Waals surface area (Å²) in [6, 6.07) is 9.14. The zero-order valence-electron chi connectivity index (χ0n) is 14.2. The number of hydrogen-bond donors (Lipinski definition) is 1. The van der Waals surface area contributed by atoms with Crippen LogP contribution in [0.4, 0.5) is 10.5 Å². The summed E-state index contributed by atoms with van der Waals surface area (Å²) in [7, 11) is 0. The van der Waals surface area contributed by atoms with Crippen LogP contribution in [-0.4, -0.2) is 43.2 Å². The second kappa shape index (κ2) is 5.52. The SMILES string of the molecule is CC1(C)CN[C@@H]1C1CCN(C(=O)N2CCc3ccccc32)CC1. The Hall–Kier alpha value is -1.55. The third-order valence-corrected chi connectivity index (χ3v) is 6.02. The Balaban J connectivity index is 1.39. The molecule has 2 saturated heterocycles. The van der Waals surface area contributed by atoms with Gasteiger partial charge in [0.2, 0.25) is 0 Å². The number of likely N-dealkylation sites (tertiary alicyclic amines) is 1. The molecule has 0 unspecified atom stereocenters. The molecule has 4 nitrogen and oxygen atoms in total. The summed E-state index contributed by atoms with van der Waals surface area (Å²) >= 11 is 0. The lowest BCUT2D eigenvalue weighted by Crippen LogP contribution is -2.64. The van der Waals surface area contributed by atoms with Crippen LogP contribution in [0.1, 0.15) is 32.3 Å². The second-order valence-corrected chi connectivity index (χ2v) is 7.98. The molecule has 4 rings (SSSR count). The fraction of sp³-hybridized carbons (Fsp3) is 0.632. The van der Waals surface area contributed by atoms with E-state index < -0.39 is 0 Å². The maximum atomic E-state index is 12.9. The third kappa shape index (κ3) is 2.53. The minimum atomic E-state index is 0.203.